The molecule has 1 aliphatic carbocycles. The van der Waals surface area contributed by atoms with E-state index in [1.165, 1.54) is 5.56 Å². The molecule has 0 saturated heterocycles. The predicted octanol–water partition coefficient (Wildman–Crippen LogP) is 3.12. The number of hydrogen-bond donors (Lipinski definition) is 3. The van der Waals surface area contributed by atoms with E-state index in [1.807, 2.05) is 12.1 Å². The van der Waals surface area contributed by atoms with E-state index >= 15 is 0 Å². The van der Waals surface area contributed by atoms with Crippen molar-refractivity contribution in [2.75, 3.05) is 20.3 Å². The Bertz CT molecular complexity index is 1130. The molecule has 3 aromatic rings. The highest BCUT2D eigenvalue weighted by Gasteiger charge is 2.31. The lowest BCUT2D eigenvalue weighted by atomic mass is 9.79. The first-order chi connectivity index (χ1) is 16.6. The van der Waals surface area contributed by atoms with Gasteiger partial charge in [-0.2, -0.15) is 0 Å². The van der Waals surface area contributed by atoms with E-state index in [4.69, 9.17) is 19.9 Å². The first kappa shape index (κ1) is 22.8. The van der Waals surface area contributed by atoms with Crippen LogP contribution in [0.5, 0.6) is 17.4 Å². The second kappa shape index (κ2) is 10.1. The number of benzene rings is 1. The summed E-state index contributed by atoms with van der Waals surface area (Å²) in [6.07, 6.45) is 4.88. The van der Waals surface area contributed by atoms with Gasteiger partial charge in [0.05, 0.1) is 24.2 Å². The molecule has 2 aliphatic rings. The van der Waals surface area contributed by atoms with Crippen molar-refractivity contribution in [3.05, 3.63) is 53.7 Å². The molecule has 8 heteroatoms. The molecule has 1 aromatic carbocycles. The number of rotatable bonds is 7. The number of ether oxygens (including phenoxy) is 3. The van der Waals surface area contributed by atoms with Crippen LogP contribution < -0.4 is 25.3 Å². The van der Waals surface area contributed by atoms with Gasteiger partial charge in [-0.05, 0) is 61.4 Å². The van der Waals surface area contributed by atoms with Crippen LogP contribution in [0.25, 0.3) is 11.0 Å². The number of aromatic nitrogens is 2. The van der Waals surface area contributed by atoms with Crippen LogP contribution in [0.3, 0.4) is 0 Å². The summed E-state index contributed by atoms with van der Waals surface area (Å²) >= 11 is 0. The molecule has 8 nitrogen and oxygen atoms in total. The van der Waals surface area contributed by atoms with Crippen LogP contribution in [0, 0.1) is 5.92 Å². The van der Waals surface area contributed by atoms with Gasteiger partial charge in [0.15, 0.2) is 11.5 Å². The van der Waals surface area contributed by atoms with Crippen molar-refractivity contribution in [2.45, 2.75) is 50.4 Å². The van der Waals surface area contributed by atoms with Gasteiger partial charge in [0, 0.05) is 36.5 Å². The van der Waals surface area contributed by atoms with Gasteiger partial charge < -0.3 is 30.4 Å². The second-order valence-electron chi connectivity index (χ2n) is 9.11. The number of nitrogens with zero attached hydrogens (tertiary/aromatic N) is 2. The molecule has 5 rings (SSSR count). The zero-order chi connectivity index (χ0) is 23.5. The lowest BCUT2D eigenvalue weighted by Crippen LogP contribution is -2.41. The van der Waals surface area contributed by atoms with Crippen molar-refractivity contribution in [1.29, 1.82) is 0 Å². The van der Waals surface area contributed by atoms with Crippen molar-refractivity contribution in [2.24, 2.45) is 11.7 Å². The Morgan fingerprint density at radius 1 is 1.09 bits per heavy atom. The molecule has 3 heterocycles. The fourth-order valence-corrected chi connectivity index (χ4v) is 5.01. The normalized spacial score (nSPS) is 21.7. The van der Waals surface area contributed by atoms with Gasteiger partial charge in [0.25, 0.3) is 0 Å². The number of methoxy groups -OCH3 is 1. The highest BCUT2D eigenvalue weighted by Crippen LogP contribution is 2.34. The Labute approximate surface area is 199 Å². The number of nitrogens with two attached hydrogens (primary N) is 1. The minimum atomic E-state index is -0.808. The van der Waals surface area contributed by atoms with E-state index < -0.39 is 6.10 Å². The number of nitrogens with one attached hydrogen (secondary N) is 1. The Hall–Kier alpha value is -2.94. The van der Waals surface area contributed by atoms with Crippen LogP contribution in [0.1, 0.15) is 42.9 Å². The topological polar surface area (TPSA) is 112 Å². The smallest absolute Gasteiger partial charge is 0.213 e. The van der Waals surface area contributed by atoms with E-state index in [1.54, 1.807) is 25.4 Å². The number of hydrogen-bond acceptors (Lipinski definition) is 8. The average Bonchev–Trinajstić information content (AvgIpc) is 2.90. The quantitative estimate of drug-likeness (QED) is 0.489. The second-order valence-corrected chi connectivity index (χ2v) is 9.11. The van der Waals surface area contributed by atoms with Crippen molar-refractivity contribution in [3.63, 3.8) is 0 Å². The molecule has 34 heavy (non-hydrogen) atoms. The molecule has 0 unspecified atom stereocenters. The monoisotopic (exact) mass is 464 g/mol. The maximum Gasteiger partial charge on any atom is 0.213 e. The lowest BCUT2D eigenvalue weighted by Gasteiger charge is -2.35. The van der Waals surface area contributed by atoms with Crippen molar-refractivity contribution in [3.8, 4) is 17.4 Å². The fourth-order valence-electron chi connectivity index (χ4n) is 5.01. The van der Waals surface area contributed by atoms with Crippen LogP contribution in [0.2, 0.25) is 0 Å². The van der Waals surface area contributed by atoms with Gasteiger partial charge in [-0.25, -0.2) is 4.98 Å². The maximum atomic E-state index is 11.1. The zero-order valence-electron chi connectivity index (χ0n) is 19.4. The largest absolute Gasteiger partial charge is 0.486 e. The van der Waals surface area contributed by atoms with Crippen LogP contribution in [0.15, 0.2) is 42.6 Å². The Balaban J connectivity index is 1.17. The van der Waals surface area contributed by atoms with Gasteiger partial charge in [-0.3, -0.25) is 4.98 Å². The molecule has 0 amide bonds. The van der Waals surface area contributed by atoms with Crippen LogP contribution in [0.4, 0.5) is 0 Å². The summed E-state index contributed by atoms with van der Waals surface area (Å²) in [5.74, 6) is 2.38. The van der Waals surface area contributed by atoms with Crippen molar-refractivity contribution < 1.29 is 19.3 Å². The third kappa shape index (κ3) is 4.80. The summed E-state index contributed by atoms with van der Waals surface area (Å²) in [5.41, 5.74) is 9.83. The Morgan fingerprint density at radius 3 is 2.68 bits per heavy atom. The van der Waals surface area contributed by atoms with Gasteiger partial charge in [0.1, 0.15) is 13.2 Å². The van der Waals surface area contributed by atoms with E-state index in [-0.39, 0.29) is 12.0 Å². The lowest BCUT2D eigenvalue weighted by molar-refractivity contribution is 0.100. The first-order valence-corrected chi connectivity index (χ1v) is 12.0. The minimum absolute atomic E-state index is 0.246. The summed E-state index contributed by atoms with van der Waals surface area (Å²) in [4.78, 5) is 8.86. The van der Waals surface area contributed by atoms with Gasteiger partial charge in [-0.1, -0.05) is 6.07 Å². The minimum Gasteiger partial charge on any atom is -0.486 e. The number of aliphatic hydroxyl groups is 1. The molecule has 0 spiro atoms. The molecule has 0 bridgehead atoms. The standard InChI is InChI=1S/C26H32N4O4/c1-32-23-9-7-20-25(30-23)19(10-11-28-20)26(31)24(27)17-3-5-18(6-4-17)29-15-16-2-8-21-22(14-16)34-13-12-33-21/h2,7-11,14,17-18,24,26,29,31H,3-6,12-13,15,27H2,1H3/t17-,18-,24-,26-/m1/s1. The summed E-state index contributed by atoms with van der Waals surface area (Å²) in [6, 6.07) is 11.6. The van der Waals surface area contributed by atoms with Gasteiger partial charge in [-0.15, -0.1) is 0 Å². The van der Waals surface area contributed by atoms with Crippen LogP contribution in [-0.4, -0.2) is 47.5 Å². The summed E-state index contributed by atoms with van der Waals surface area (Å²) in [7, 11) is 1.58. The molecular formula is C26H32N4O4. The highest BCUT2D eigenvalue weighted by atomic mass is 16.6. The number of aliphatic hydroxyl groups excluding tert-OH is 1. The SMILES string of the molecule is COc1ccc2nccc([C@@H](O)[C@H](N)[C@H]3CC[C@H](NCc4ccc5c(c4)OCCO5)CC3)c2n1. The van der Waals surface area contributed by atoms with Crippen molar-refractivity contribution in [1.82, 2.24) is 15.3 Å². The van der Waals surface area contributed by atoms with Gasteiger partial charge in [0.2, 0.25) is 5.88 Å². The zero-order valence-corrected chi connectivity index (χ0v) is 19.4. The van der Waals surface area contributed by atoms with E-state index in [0.717, 1.165) is 49.2 Å². The molecule has 2 aromatic heterocycles. The van der Waals surface area contributed by atoms with Crippen LogP contribution >= 0.6 is 0 Å². The highest BCUT2D eigenvalue weighted by molar-refractivity contribution is 5.78. The number of pyridine rings is 2. The summed E-state index contributed by atoms with van der Waals surface area (Å²) in [5, 5.41) is 14.8. The number of fused-ring (bicyclic) bond motifs is 2. The third-order valence-electron chi connectivity index (χ3n) is 7.00. The van der Waals surface area contributed by atoms with E-state index in [0.29, 0.717) is 36.2 Å². The first-order valence-electron chi connectivity index (χ1n) is 12.0. The Kier molecular flexibility index (Phi) is 6.80. The van der Waals surface area contributed by atoms with E-state index in [9.17, 15) is 5.11 Å². The molecule has 1 fully saturated rings. The summed E-state index contributed by atoms with van der Waals surface area (Å²) < 4.78 is 16.5. The molecule has 2 atom stereocenters. The van der Waals surface area contributed by atoms with Crippen LogP contribution in [-0.2, 0) is 6.54 Å². The molecule has 1 saturated carbocycles. The Morgan fingerprint density at radius 2 is 1.88 bits per heavy atom. The van der Waals surface area contributed by atoms with Gasteiger partial charge >= 0.3 is 0 Å². The average molecular weight is 465 g/mol. The molecule has 1 aliphatic heterocycles. The molecule has 0 radical (unpaired) electrons. The fraction of sp³-hybridized carbons (Fsp3) is 0.462. The van der Waals surface area contributed by atoms with Crippen molar-refractivity contribution >= 4 is 11.0 Å². The molecule has 180 valence electrons. The summed E-state index contributed by atoms with van der Waals surface area (Å²) in [6.45, 7) is 1.99. The third-order valence-corrected chi connectivity index (χ3v) is 7.00. The maximum absolute atomic E-state index is 11.1. The predicted molar refractivity (Wildman–Crippen MR) is 129 cm³/mol. The molecular weight excluding hydrogens is 432 g/mol. The molecule has 4 N–H and O–H groups in total. The van der Waals surface area contributed by atoms with E-state index in [2.05, 4.69) is 27.4 Å².